The highest BCUT2D eigenvalue weighted by Crippen LogP contribution is 2.26. The molecule has 0 aliphatic rings. The molecule has 0 heterocycles. The Balaban J connectivity index is 2.92. The molecule has 1 atom stereocenters. The molecule has 0 fully saturated rings. The number of rotatable bonds is 3. The van der Waals surface area contributed by atoms with Crippen LogP contribution in [0.5, 0.6) is 5.75 Å². The Morgan fingerprint density at radius 2 is 2.14 bits per heavy atom. The van der Waals surface area contributed by atoms with Crippen LogP contribution in [0.4, 0.5) is 0 Å². The number of aromatic hydroxyl groups is 1. The molecule has 1 unspecified atom stereocenters. The Morgan fingerprint density at radius 1 is 1.50 bits per heavy atom. The van der Waals surface area contributed by atoms with Gasteiger partial charge in [-0.15, -0.1) is 0 Å². The van der Waals surface area contributed by atoms with Gasteiger partial charge >= 0.3 is 0 Å². The number of halogens is 1. The summed E-state index contributed by atoms with van der Waals surface area (Å²) in [7, 11) is 0. The largest absolute Gasteiger partial charge is 0.508 e. The third-order valence-corrected chi connectivity index (χ3v) is 2.77. The van der Waals surface area contributed by atoms with E-state index < -0.39 is 0 Å². The van der Waals surface area contributed by atoms with Gasteiger partial charge in [-0.3, -0.25) is 0 Å². The Kier molecular flexibility index (Phi) is 3.78. The summed E-state index contributed by atoms with van der Waals surface area (Å²) in [5.74, 6) is 0.288. The molecule has 0 saturated heterocycles. The van der Waals surface area contributed by atoms with Gasteiger partial charge in [-0.1, -0.05) is 18.5 Å². The first kappa shape index (κ1) is 11.3. The van der Waals surface area contributed by atoms with Crippen molar-refractivity contribution < 1.29 is 5.11 Å². The van der Waals surface area contributed by atoms with E-state index in [0.717, 1.165) is 17.5 Å². The van der Waals surface area contributed by atoms with Crippen LogP contribution in [-0.4, -0.2) is 11.1 Å². The maximum atomic E-state index is 9.65. The number of aryl methyl sites for hydroxylation is 1. The summed E-state index contributed by atoms with van der Waals surface area (Å²) in [6, 6.07) is 3.56. The summed E-state index contributed by atoms with van der Waals surface area (Å²) in [5.41, 5.74) is 7.52. The minimum absolute atomic E-state index is 0.0830. The average Bonchev–Trinajstić information content (AvgIpc) is 2.14. The minimum Gasteiger partial charge on any atom is -0.508 e. The lowest BCUT2D eigenvalue weighted by Crippen LogP contribution is -2.21. The van der Waals surface area contributed by atoms with Crippen LogP contribution >= 0.6 is 11.6 Å². The van der Waals surface area contributed by atoms with E-state index in [1.807, 2.05) is 13.8 Å². The van der Waals surface area contributed by atoms with E-state index >= 15 is 0 Å². The van der Waals surface area contributed by atoms with Gasteiger partial charge in [-0.2, -0.15) is 0 Å². The lowest BCUT2D eigenvalue weighted by Gasteiger charge is -2.11. The third-order valence-electron chi connectivity index (χ3n) is 2.37. The average molecular weight is 214 g/mol. The van der Waals surface area contributed by atoms with Crippen molar-refractivity contribution in [2.45, 2.75) is 32.7 Å². The highest BCUT2D eigenvalue weighted by molar-refractivity contribution is 6.31. The van der Waals surface area contributed by atoms with Gasteiger partial charge in [-0.05, 0) is 43.0 Å². The third kappa shape index (κ3) is 2.63. The Hall–Kier alpha value is -0.730. The highest BCUT2D eigenvalue weighted by atomic mass is 35.5. The quantitative estimate of drug-likeness (QED) is 0.811. The maximum Gasteiger partial charge on any atom is 0.119 e. The lowest BCUT2D eigenvalue weighted by molar-refractivity contribution is 0.463. The van der Waals surface area contributed by atoms with Crippen LogP contribution < -0.4 is 5.73 Å². The zero-order chi connectivity index (χ0) is 10.7. The smallest absolute Gasteiger partial charge is 0.119 e. The fourth-order valence-corrected chi connectivity index (χ4v) is 1.48. The summed E-state index contributed by atoms with van der Waals surface area (Å²) in [5, 5.41) is 10.3. The first-order valence-corrected chi connectivity index (χ1v) is 5.16. The molecular formula is C11H16ClNO. The van der Waals surface area contributed by atoms with Crippen LogP contribution in [0.15, 0.2) is 12.1 Å². The van der Waals surface area contributed by atoms with Crippen molar-refractivity contribution in [2.24, 2.45) is 5.73 Å². The van der Waals surface area contributed by atoms with Crippen LogP contribution in [-0.2, 0) is 6.42 Å². The number of hydrogen-bond acceptors (Lipinski definition) is 2. The molecule has 1 aromatic carbocycles. The number of phenolic OH excluding ortho intramolecular Hbond substituents is 1. The monoisotopic (exact) mass is 213 g/mol. The zero-order valence-electron chi connectivity index (χ0n) is 8.55. The zero-order valence-corrected chi connectivity index (χ0v) is 9.30. The molecule has 0 spiro atoms. The van der Waals surface area contributed by atoms with E-state index in [2.05, 4.69) is 0 Å². The van der Waals surface area contributed by atoms with Crippen molar-refractivity contribution in [2.75, 3.05) is 0 Å². The molecule has 14 heavy (non-hydrogen) atoms. The van der Waals surface area contributed by atoms with Crippen molar-refractivity contribution in [3.8, 4) is 5.75 Å². The van der Waals surface area contributed by atoms with E-state index in [9.17, 15) is 5.11 Å². The van der Waals surface area contributed by atoms with Crippen molar-refractivity contribution in [3.63, 3.8) is 0 Å². The normalized spacial score (nSPS) is 12.9. The molecule has 1 aromatic rings. The van der Waals surface area contributed by atoms with Crippen LogP contribution in [0.3, 0.4) is 0 Å². The molecule has 0 saturated carbocycles. The van der Waals surface area contributed by atoms with Crippen LogP contribution in [0.25, 0.3) is 0 Å². The maximum absolute atomic E-state index is 9.65. The summed E-state index contributed by atoms with van der Waals surface area (Å²) < 4.78 is 0. The van der Waals surface area contributed by atoms with Gasteiger partial charge in [0.25, 0.3) is 0 Å². The Morgan fingerprint density at radius 3 is 2.71 bits per heavy atom. The first-order chi connectivity index (χ1) is 6.54. The molecule has 3 N–H and O–H groups in total. The van der Waals surface area contributed by atoms with E-state index in [0.29, 0.717) is 11.4 Å². The van der Waals surface area contributed by atoms with Crippen LogP contribution in [0.1, 0.15) is 24.5 Å². The molecule has 3 heteroatoms. The van der Waals surface area contributed by atoms with Crippen molar-refractivity contribution in [3.05, 3.63) is 28.3 Å². The van der Waals surface area contributed by atoms with Gasteiger partial charge in [0.2, 0.25) is 0 Å². The summed E-state index contributed by atoms with van der Waals surface area (Å²) in [6.07, 6.45) is 1.56. The molecular weight excluding hydrogens is 198 g/mol. The van der Waals surface area contributed by atoms with E-state index in [-0.39, 0.29) is 11.8 Å². The SMILES string of the molecule is CCC(N)Cc1cc(Cl)c(C)cc1O. The molecule has 0 amide bonds. The van der Waals surface area contributed by atoms with Crippen molar-refractivity contribution >= 4 is 11.6 Å². The summed E-state index contributed by atoms with van der Waals surface area (Å²) in [6.45, 7) is 3.89. The fraction of sp³-hybridized carbons (Fsp3) is 0.455. The Labute approximate surface area is 89.7 Å². The second-order valence-electron chi connectivity index (χ2n) is 3.60. The van der Waals surface area contributed by atoms with Crippen molar-refractivity contribution in [1.82, 2.24) is 0 Å². The molecule has 0 radical (unpaired) electrons. The first-order valence-electron chi connectivity index (χ1n) is 4.78. The van der Waals surface area contributed by atoms with Crippen molar-refractivity contribution in [1.29, 1.82) is 0 Å². The Bertz CT molecular complexity index is 325. The second-order valence-corrected chi connectivity index (χ2v) is 4.01. The van der Waals surface area contributed by atoms with E-state index in [4.69, 9.17) is 17.3 Å². The van der Waals surface area contributed by atoms with Gasteiger partial charge in [0, 0.05) is 11.1 Å². The number of phenols is 1. The topological polar surface area (TPSA) is 46.2 Å². The molecule has 0 aliphatic heterocycles. The summed E-state index contributed by atoms with van der Waals surface area (Å²) >= 11 is 5.96. The number of hydrogen-bond donors (Lipinski definition) is 2. The van der Waals surface area contributed by atoms with Crippen LogP contribution in [0, 0.1) is 6.92 Å². The predicted molar refractivity (Wildman–Crippen MR) is 59.8 cm³/mol. The van der Waals surface area contributed by atoms with Crippen LogP contribution in [0.2, 0.25) is 5.02 Å². The molecule has 2 nitrogen and oxygen atoms in total. The molecule has 0 aliphatic carbocycles. The van der Waals surface area contributed by atoms with Gasteiger partial charge < -0.3 is 10.8 Å². The standard InChI is InChI=1S/C11H16ClNO/c1-3-9(13)5-8-6-10(12)7(2)4-11(8)14/h4,6,9,14H,3,5,13H2,1-2H3. The van der Waals surface area contributed by atoms with Gasteiger partial charge in [0.05, 0.1) is 0 Å². The highest BCUT2D eigenvalue weighted by Gasteiger charge is 2.08. The molecule has 0 bridgehead atoms. The number of benzene rings is 1. The molecule has 1 rings (SSSR count). The van der Waals surface area contributed by atoms with E-state index in [1.54, 1.807) is 12.1 Å². The molecule has 78 valence electrons. The minimum atomic E-state index is 0.0830. The lowest BCUT2D eigenvalue weighted by atomic mass is 10.0. The second kappa shape index (κ2) is 4.67. The fourth-order valence-electron chi connectivity index (χ4n) is 1.30. The van der Waals surface area contributed by atoms with Gasteiger partial charge in [0.1, 0.15) is 5.75 Å². The summed E-state index contributed by atoms with van der Waals surface area (Å²) in [4.78, 5) is 0. The van der Waals surface area contributed by atoms with Gasteiger partial charge in [-0.25, -0.2) is 0 Å². The van der Waals surface area contributed by atoms with E-state index in [1.165, 1.54) is 0 Å². The predicted octanol–water partition coefficient (Wildman–Crippen LogP) is 2.63. The number of nitrogens with two attached hydrogens (primary N) is 1. The van der Waals surface area contributed by atoms with Gasteiger partial charge in [0.15, 0.2) is 0 Å². The molecule has 0 aromatic heterocycles.